The van der Waals surface area contributed by atoms with E-state index in [1.165, 1.54) is 6.42 Å². The number of piperidine rings is 1. The van der Waals surface area contributed by atoms with E-state index in [4.69, 9.17) is 0 Å². The first kappa shape index (κ1) is 13.2. The van der Waals surface area contributed by atoms with Gasteiger partial charge >= 0.3 is 0 Å². The molecule has 2 atom stereocenters. The Bertz CT molecular complexity index is 494. The first-order chi connectivity index (χ1) is 9.75. The second kappa shape index (κ2) is 5.65. The molecule has 1 aliphatic heterocycles. The second-order valence-electron chi connectivity index (χ2n) is 5.69. The number of carbonyl (C=O) groups is 2. The lowest BCUT2D eigenvalue weighted by Crippen LogP contribution is -2.37. The minimum atomic E-state index is -0.135. The summed E-state index contributed by atoms with van der Waals surface area (Å²) in [5, 5.41) is 2.88. The predicted molar refractivity (Wildman–Crippen MR) is 77.1 cm³/mol. The van der Waals surface area contributed by atoms with Crippen LogP contribution in [0.2, 0.25) is 0 Å². The van der Waals surface area contributed by atoms with Gasteiger partial charge in [-0.25, -0.2) is 0 Å². The Morgan fingerprint density at radius 1 is 1.00 bits per heavy atom. The lowest BCUT2D eigenvalue weighted by atomic mass is 10.1. The highest BCUT2D eigenvalue weighted by atomic mass is 16.2. The van der Waals surface area contributed by atoms with Crippen molar-refractivity contribution in [3.63, 3.8) is 0 Å². The number of anilines is 1. The van der Waals surface area contributed by atoms with E-state index in [0.717, 1.165) is 31.6 Å². The van der Waals surface area contributed by atoms with E-state index in [2.05, 4.69) is 5.32 Å². The minimum absolute atomic E-state index is 0.0217. The first-order valence-electron chi connectivity index (χ1n) is 7.40. The summed E-state index contributed by atoms with van der Waals surface area (Å²) >= 11 is 0. The number of hydrogen-bond acceptors (Lipinski definition) is 2. The van der Waals surface area contributed by atoms with E-state index in [-0.39, 0.29) is 23.7 Å². The standard InChI is InChI=1S/C16H20N2O2/c19-15(17-12-7-3-1-4-8-12)13-11-14(13)16(20)18-9-5-2-6-10-18/h1,3-4,7-8,13-14H,2,5-6,9-11H2,(H,17,19). The normalized spacial score (nSPS) is 25.1. The Kier molecular flexibility index (Phi) is 3.72. The van der Waals surface area contributed by atoms with Crippen LogP contribution in [0.1, 0.15) is 25.7 Å². The summed E-state index contributed by atoms with van der Waals surface area (Å²) in [4.78, 5) is 26.3. The van der Waals surface area contributed by atoms with Crippen molar-refractivity contribution in [2.75, 3.05) is 18.4 Å². The minimum Gasteiger partial charge on any atom is -0.342 e. The van der Waals surface area contributed by atoms with Crippen LogP contribution in [0.15, 0.2) is 30.3 Å². The van der Waals surface area contributed by atoms with Gasteiger partial charge in [0.05, 0.1) is 11.8 Å². The van der Waals surface area contributed by atoms with Gasteiger partial charge in [-0.1, -0.05) is 18.2 Å². The molecule has 2 aliphatic rings. The molecule has 1 heterocycles. The van der Waals surface area contributed by atoms with E-state index >= 15 is 0 Å². The van der Waals surface area contributed by atoms with Gasteiger partial charge in [0.25, 0.3) is 0 Å². The van der Waals surface area contributed by atoms with Crippen LogP contribution in [-0.4, -0.2) is 29.8 Å². The highest BCUT2D eigenvalue weighted by Crippen LogP contribution is 2.41. The lowest BCUT2D eigenvalue weighted by Gasteiger charge is -2.26. The summed E-state index contributed by atoms with van der Waals surface area (Å²) in [5.74, 6) is -0.0640. The lowest BCUT2D eigenvalue weighted by molar-refractivity contribution is -0.134. The third-order valence-electron chi connectivity index (χ3n) is 4.15. The number of amides is 2. The van der Waals surface area contributed by atoms with Crippen molar-refractivity contribution >= 4 is 17.5 Å². The van der Waals surface area contributed by atoms with E-state index < -0.39 is 0 Å². The van der Waals surface area contributed by atoms with Gasteiger partial charge < -0.3 is 10.2 Å². The molecule has 0 radical (unpaired) electrons. The zero-order valence-corrected chi connectivity index (χ0v) is 11.5. The van der Waals surface area contributed by atoms with Crippen LogP contribution < -0.4 is 5.32 Å². The van der Waals surface area contributed by atoms with Gasteiger partial charge in [0.1, 0.15) is 0 Å². The quantitative estimate of drug-likeness (QED) is 0.917. The predicted octanol–water partition coefficient (Wildman–Crippen LogP) is 2.27. The number of rotatable bonds is 3. The van der Waals surface area contributed by atoms with Crippen LogP contribution in [0, 0.1) is 11.8 Å². The van der Waals surface area contributed by atoms with Gasteiger partial charge in [-0.15, -0.1) is 0 Å². The van der Waals surface area contributed by atoms with Gasteiger partial charge in [-0.3, -0.25) is 9.59 Å². The summed E-state index contributed by atoms with van der Waals surface area (Å²) in [6.07, 6.45) is 4.11. The van der Waals surface area contributed by atoms with Crippen LogP contribution >= 0.6 is 0 Å². The van der Waals surface area contributed by atoms with Crippen molar-refractivity contribution in [1.29, 1.82) is 0 Å². The molecular weight excluding hydrogens is 252 g/mol. The molecule has 4 nitrogen and oxygen atoms in total. The summed E-state index contributed by atoms with van der Waals surface area (Å²) < 4.78 is 0. The van der Waals surface area contributed by atoms with E-state index in [0.29, 0.717) is 6.42 Å². The maximum absolute atomic E-state index is 12.3. The third-order valence-corrected chi connectivity index (χ3v) is 4.15. The van der Waals surface area contributed by atoms with Crippen LogP contribution in [0.4, 0.5) is 5.69 Å². The fraction of sp³-hybridized carbons (Fsp3) is 0.500. The zero-order valence-electron chi connectivity index (χ0n) is 11.5. The Balaban J connectivity index is 1.53. The molecular formula is C16H20N2O2. The molecule has 20 heavy (non-hydrogen) atoms. The SMILES string of the molecule is O=C(Nc1ccccc1)C1CC1C(=O)N1CCCCC1. The van der Waals surface area contributed by atoms with Crippen LogP contribution in [0.5, 0.6) is 0 Å². The van der Waals surface area contributed by atoms with Gasteiger partial charge in [0.15, 0.2) is 0 Å². The fourth-order valence-corrected chi connectivity index (χ4v) is 2.86. The van der Waals surface area contributed by atoms with Crippen molar-refractivity contribution in [1.82, 2.24) is 4.90 Å². The fourth-order valence-electron chi connectivity index (χ4n) is 2.86. The van der Waals surface area contributed by atoms with Gasteiger partial charge in [-0.2, -0.15) is 0 Å². The Morgan fingerprint density at radius 2 is 1.70 bits per heavy atom. The molecule has 2 unspecified atom stereocenters. The number of nitrogens with one attached hydrogen (secondary N) is 1. The number of benzene rings is 1. The zero-order chi connectivity index (χ0) is 13.9. The maximum atomic E-state index is 12.3. The van der Waals surface area contributed by atoms with E-state index in [1.54, 1.807) is 0 Å². The van der Waals surface area contributed by atoms with Gasteiger partial charge in [-0.05, 0) is 37.8 Å². The monoisotopic (exact) mass is 272 g/mol. The molecule has 1 aliphatic carbocycles. The molecule has 106 valence electrons. The summed E-state index contributed by atoms with van der Waals surface area (Å²) in [6, 6.07) is 9.41. The number of likely N-dealkylation sites (tertiary alicyclic amines) is 1. The topological polar surface area (TPSA) is 49.4 Å². The van der Waals surface area contributed by atoms with Gasteiger partial charge in [0.2, 0.25) is 11.8 Å². The number of carbonyl (C=O) groups excluding carboxylic acids is 2. The molecule has 1 aromatic carbocycles. The van der Waals surface area contributed by atoms with Crippen LogP contribution in [0.25, 0.3) is 0 Å². The van der Waals surface area contributed by atoms with Crippen molar-refractivity contribution in [3.8, 4) is 0 Å². The highest BCUT2D eigenvalue weighted by molar-refractivity contribution is 5.99. The third kappa shape index (κ3) is 2.84. The summed E-state index contributed by atoms with van der Waals surface area (Å²) in [6.45, 7) is 1.73. The van der Waals surface area contributed by atoms with Crippen molar-refractivity contribution in [3.05, 3.63) is 30.3 Å². The molecule has 1 aromatic rings. The average Bonchev–Trinajstić information content (AvgIpc) is 3.29. The number of nitrogens with zero attached hydrogens (tertiary/aromatic N) is 1. The molecule has 0 spiro atoms. The molecule has 0 bridgehead atoms. The van der Waals surface area contributed by atoms with Gasteiger partial charge in [0, 0.05) is 18.8 Å². The first-order valence-corrected chi connectivity index (χ1v) is 7.40. The largest absolute Gasteiger partial charge is 0.342 e. The molecule has 2 fully saturated rings. The second-order valence-corrected chi connectivity index (χ2v) is 5.69. The number of para-hydroxylation sites is 1. The molecule has 3 rings (SSSR count). The van der Waals surface area contributed by atoms with E-state index in [1.807, 2.05) is 35.2 Å². The summed E-state index contributed by atoms with van der Waals surface area (Å²) in [7, 11) is 0. The van der Waals surface area contributed by atoms with E-state index in [9.17, 15) is 9.59 Å². The van der Waals surface area contributed by atoms with Crippen LogP contribution in [0.3, 0.4) is 0 Å². The van der Waals surface area contributed by atoms with Crippen molar-refractivity contribution in [2.24, 2.45) is 11.8 Å². The van der Waals surface area contributed by atoms with Crippen LogP contribution in [-0.2, 0) is 9.59 Å². The highest BCUT2D eigenvalue weighted by Gasteiger charge is 2.49. The molecule has 1 saturated carbocycles. The molecule has 1 saturated heterocycles. The van der Waals surface area contributed by atoms with Crippen molar-refractivity contribution in [2.45, 2.75) is 25.7 Å². The van der Waals surface area contributed by atoms with Crippen molar-refractivity contribution < 1.29 is 9.59 Å². The maximum Gasteiger partial charge on any atom is 0.228 e. The smallest absolute Gasteiger partial charge is 0.228 e. The number of hydrogen-bond donors (Lipinski definition) is 1. The Labute approximate surface area is 119 Å². The molecule has 1 N–H and O–H groups in total. The molecule has 4 heteroatoms. The summed E-state index contributed by atoms with van der Waals surface area (Å²) in [5.41, 5.74) is 0.800. The average molecular weight is 272 g/mol. The molecule has 2 amide bonds. The Morgan fingerprint density at radius 3 is 2.40 bits per heavy atom. The molecule has 0 aromatic heterocycles. The Hall–Kier alpha value is -1.84.